The monoisotopic (exact) mass is 666 g/mol. The average molecular weight is 667 g/mol. The van der Waals surface area contributed by atoms with Gasteiger partial charge in [-0.1, -0.05) is 12.1 Å². The molecule has 4 saturated heterocycles. The molecule has 5 fully saturated rings. The highest BCUT2D eigenvalue weighted by Crippen LogP contribution is 2.61. The molecule has 0 radical (unpaired) electrons. The van der Waals surface area contributed by atoms with Crippen LogP contribution in [0.15, 0.2) is 29.1 Å². The quantitative estimate of drug-likeness (QED) is 0.314. The van der Waals surface area contributed by atoms with Gasteiger partial charge < -0.3 is 24.6 Å². The van der Waals surface area contributed by atoms with Gasteiger partial charge in [0.2, 0.25) is 0 Å². The van der Waals surface area contributed by atoms with E-state index in [1.807, 2.05) is 6.07 Å². The SMILES string of the molecule is O=c1c(-c2cc(O)cc3ccc4c(c23)CCC4)c(F)c2nc(OC[C@]34C[C@@H](F)CN3CC3(CC3)C4)nc3c2n1CCC1C2CCC(CN31)N2. The molecule has 7 aliphatic rings. The van der Waals surface area contributed by atoms with Gasteiger partial charge in [-0.05, 0) is 97.2 Å². The lowest BCUT2D eigenvalue weighted by Gasteiger charge is -2.41. The summed E-state index contributed by atoms with van der Waals surface area (Å²) in [6.07, 6.45) is 8.34. The van der Waals surface area contributed by atoms with Gasteiger partial charge in [-0.2, -0.15) is 9.97 Å². The minimum absolute atomic E-state index is 0.0154. The van der Waals surface area contributed by atoms with E-state index in [0.717, 1.165) is 61.4 Å². The van der Waals surface area contributed by atoms with Crippen molar-refractivity contribution in [2.24, 2.45) is 5.41 Å². The Bertz CT molecular complexity index is 2170. The van der Waals surface area contributed by atoms with Gasteiger partial charge in [-0.25, -0.2) is 8.78 Å². The number of nitrogens with zero attached hydrogens (tertiary/aromatic N) is 5. The molecule has 9 nitrogen and oxygen atoms in total. The zero-order valence-corrected chi connectivity index (χ0v) is 27.5. The fourth-order valence-corrected chi connectivity index (χ4v) is 11.0. The molecule has 2 bridgehead atoms. The lowest BCUT2D eigenvalue weighted by atomic mass is 9.89. The third-order valence-electron chi connectivity index (χ3n) is 13.3. The third kappa shape index (κ3) is 4.11. The van der Waals surface area contributed by atoms with Crippen molar-refractivity contribution in [1.29, 1.82) is 0 Å². The van der Waals surface area contributed by atoms with Crippen LogP contribution in [-0.2, 0) is 19.4 Å². The Morgan fingerprint density at radius 3 is 2.88 bits per heavy atom. The van der Waals surface area contributed by atoms with Crippen LogP contribution in [0.25, 0.3) is 32.9 Å². The Kier molecular flexibility index (Phi) is 5.85. The maximum Gasteiger partial charge on any atom is 0.319 e. The number of alkyl halides is 1. The first-order valence-corrected chi connectivity index (χ1v) is 18.2. The molecule has 7 heterocycles. The summed E-state index contributed by atoms with van der Waals surface area (Å²) < 4.78 is 40.5. The molecule has 11 heteroatoms. The van der Waals surface area contributed by atoms with Crippen LogP contribution in [-0.4, -0.2) is 80.6 Å². The second-order valence-corrected chi connectivity index (χ2v) is 16.2. The van der Waals surface area contributed by atoms with Gasteiger partial charge in [-0.3, -0.25) is 9.69 Å². The second kappa shape index (κ2) is 9.90. The number of phenolic OH excluding ortho intramolecular Hbond substituents is 1. The number of aromatic nitrogens is 3. The zero-order valence-electron chi connectivity index (χ0n) is 27.5. The van der Waals surface area contributed by atoms with E-state index in [9.17, 15) is 14.3 Å². The normalized spacial score (nSPS) is 30.6. The number of benzene rings is 2. The number of hydrogen-bond donors (Lipinski definition) is 2. The summed E-state index contributed by atoms with van der Waals surface area (Å²) in [6, 6.07) is 7.97. The van der Waals surface area contributed by atoms with Crippen LogP contribution < -0.4 is 20.5 Å². The summed E-state index contributed by atoms with van der Waals surface area (Å²) in [5.41, 5.74) is 2.53. The number of nitrogens with one attached hydrogen (secondary N) is 1. The van der Waals surface area contributed by atoms with Crippen molar-refractivity contribution < 1.29 is 18.6 Å². The number of aryl methyl sites for hydroxylation is 3. The number of anilines is 1. The van der Waals surface area contributed by atoms with Crippen molar-refractivity contribution in [2.75, 3.05) is 31.1 Å². The van der Waals surface area contributed by atoms with Gasteiger partial charge in [0.1, 0.15) is 29.6 Å². The van der Waals surface area contributed by atoms with Crippen molar-refractivity contribution in [3.63, 3.8) is 0 Å². The summed E-state index contributed by atoms with van der Waals surface area (Å²) in [6.45, 7) is 2.67. The van der Waals surface area contributed by atoms with Crippen LogP contribution >= 0.6 is 0 Å². The Morgan fingerprint density at radius 1 is 1.10 bits per heavy atom. The van der Waals surface area contributed by atoms with E-state index >= 15 is 4.39 Å². The molecule has 4 aromatic rings. The lowest BCUT2D eigenvalue weighted by molar-refractivity contribution is 0.107. The van der Waals surface area contributed by atoms with E-state index in [-0.39, 0.29) is 46.9 Å². The third-order valence-corrected chi connectivity index (χ3v) is 13.3. The van der Waals surface area contributed by atoms with Crippen molar-refractivity contribution in [3.8, 4) is 22.9 Å². The minimum Gasteiger partial charge on any atom is -0.508 e. The molecule has 1 spiro atoms. The maximum atomic E-state index is 17.4. The van der Waals surface area contributed by atoms with Crippen molar-refractivity contribution in [3.05, 3.63) is 51.6 Å². The van der Waals surface area contributed by atoms with Gasteiger partial charge >= 0.3 is 6.01 Å². The molecule has 5 aliphatic heterocycles. The van der Waals surface area contributed by atoms with Crippen LogP contribution in [0.2, 0.25) is 0 Å². The van der Waals surface area contributed by atoms with Gasteiger partial charge in [-0.15, -0.1) is 0 Å². The Hall–Kier alpha value is -3.83. The first-order chi connectivity index (χ1) is 23.8. The molecule has 2 aromatic heterocycles. The van der Waals surface area contributed by atoms with E-state index in [2.05, 4.69) is 21.2 Å². The predicted molar refractivity (Wildman–Crippen MR) is 182 cm³/mol. The fraction of sp³-hybridized carbons (Fsp3) is 0.553. The molecule has 2 N–H and O–H groups in total. The van der Waals surface area contributed by atoms with E-state index < -0.39 is 23.1 Å². The smallest absolute Gasteiger partial charge is 0.319 e. The number of pyridine rings is 1. The average Bonchev–Trinajstić information content (AvgIpc) is 3.32. The minimum atomic E-state index is -0.896. The lowest BCUT2D eigenvalue weighted by Crippen LogP contribution is -2.58. The van der Waals surface area contributed by atoms with Gasteiger partial charge in [0.15, 0.2) is 11.6 Å². The molecule has 254 valence electrons. The van der Waals surface area contributed by atoms with E-state index in [1.54, 1.807) is 10.6 Å². The molecule has 3 unspecified atom stereocenters. The molecular weight excluding hydrogens is 626 g/mol. The van der Waals surface area contributed by atoms with E-state index in [4.69, 9.17) is 14.7 Å². The van der Waals surface area contributed by atoms with E-state index in [0.29, 0.717) is 55.4 Å². The number of hydrogen-bond acceptors (Lipinski definition) is 8. The van der Waals surface area contributed by atoms with Crippen LogP contribution in [0.4, 0.5) is 14.6 Å². The van der Waals surface area contributed by atoms with Crippen molar-refractivity contribution in [2.45, 2.75) is 101 Å². The first kappa shape index (κ1) is 29.0. The maximum absolute atomic E-state index is 17.4. The predicted octanol–water partition coefficient (Wildman–Crippen LogP) is 5.00. The van der Waals surface area contributed by atoms with Crippen LogP contribution in [0, 0.1) is 11.2 Å². The number of ether oxygens (including phenoxy) is 1. The van der Waals surface area contributed by atoms with Gasteiger partial charge in [0.25, 0.3) is 5.56 Å². The van der Waals surface area contributed by atoms with Crippen LogP contribution in [0.3, 0.4) is 0 Å². The summed E-state index contributed by atoms with van der Waals surface area (Å²) >= 11 is 0. The summed E-state index contributed by atoms with van der Waals surface area (Å²) in [7, 11) is 0. The number of piperazine rings is 1. The summed E-state index contributed by atoms with van der Waals surface area (Å²) in [5, 5.41) is 16.2. The Balaban J connectivity index is 1.11. The molecule has 11 rings (SSSR count). The van der Waals surface area contributed by atoms with Crippen LogP contribution in [0.1, 0.15) is 62.5 Å². The summed E-state index contributed by atoms with van der Waals surface area (Å²) in [5.74, 6) is -0.191. The molecule has 1 saturated carbocycles. The fourth-order valence-electron chi connectivity index (χ4n) is 11.0. The molecule has 5 atom stereocenters. The Morgan fingerprint density at radius 2 is 2.00 bits per heavy atom. The summed E-state index contributed by atoms with van der Waals surface area (Å²) in [4.78, 5) is 29.0. The Labute approximate surface area is 282 Å². The molecule has 49 heavy (non-hydrogen) atoms. The second-order valence-electron chi connectivity index (χ2n) is 16.2. The molecule has 2 aromatic carbocycles. The van der Waals surface area contributed by atoms with Crippen LogP contribution in [0.5, 0.6) is 11.8 Å². The number of phenols is 1. The highest BCUT2D eigenvalue weighted by atomic mass is 19.1. The molecular formula is C38H40F2N6O3. The number of halogens is 2. The van der Waals surface area contributed by atoms with E-state index in [1.165, 1.54) is 24.5 Å². The topological polar surface area (TPSA) is 95.8 Å². The molecule has 0 amide bonds. The molecule has 2 aliphatic carbocycles. The van der Waals surface area contributed by atoms with Gasteiger partial charge in [0.05, 0.1) is 11.1 Å². The van der Waals surface area contributed by atoms with Crippen molar-refractivity contribution in [1.82, 2.24) is 24.8 Å². The highest BCUT2D eigenvalue weighted by Gasteiger charge is 2.62. The first-order valence-electron chi connectivity index (χ1n) is 18.2. The zero-order chi connectivity index (χ0) is 32.8. The number of rotatable bonds is 4. The standard InChI is InChI=1S/C38H40F2N6O3/c39-22-14-38(17-37(9-10-37)18-44(38)15-22)19-49-36-42-32-31(40)30(26-13-24(47)12-21-5-4-20-2-1-3-25(20)29(21)26)35(48)45-11-8-28-27-7-6-23(41-27)16-46(28)34(43-36)33(32)45/h4-5,12-13,22-23,27-28,41,47H,1-3,6-11,14-19H2/t22-,23?,27?,28?,38-/m1/s1. The van der Waals surface area contributed by atoms with Crippen molar-refractivity contribution >= 4 is 27.6 Å². The number of aromatic hydroxyl groups is 1. The largest absolute Gasteiger partial charge is 0.508 e. The highest BCUT2D eigenvalue weighted by molar-refractivity contribution is 6.03. The van der Waals surface area contributed by atoms with Gasteiger partial charge in [0, 0.05) is 56.3 Å². The number of fused-ring (bicyclic) bond motifs is 9.